The van der Waals surface area contributed by atoms with Crippen LogP contribution in [0.1, 0.15) is 6.92 Å². The molecule has 1 aliphatic heterocycles. The topological polar surface area (TPSA) is 87.5 Å². The van der Waals surface area contributed by atoms with E-state index in [1.165, 1.54) is 0 Å². The highest BCUT2D eigenvalue weighted by molar-refractivity contribution is 5.83. The van der Waals surface area contributed by atoms with Gasteiger partial charge in [0.15, 0.2) is 0 Å². The fraction of sp³-hybridized carbons (Fsp3) is 0.714. The summed E-state index contributed by atoms with van der Waals surface area (Å²) in [6.07, 6.45) is 0. The molecule has 6 nitrogen and oxygen atoms in total. The first kappa shape index (κ1) is 9.94. The number of rotatable bonds is 2. The Morgan fingerprint density at radius 3 is 3.00 bits per heavy atom. The maximum atomic E-state index is 11.1. The number of nitrogens with one attached hydrogen (secondary N) is 2. The lowest BCUT2D eigenvalue weighted by molar-refractivity contribution is -0.130. The monoisotopic (exact) mass is 186 g/mol. The van der Waals surface area contributed by atoms with Crippen LogP contribution in [0.4, 0.5) is 0 Å². The molecule has 1 saturated heterocycles. The molecular formula is C7H14N4O2. The summed E-state index contributed by atoms with van der Waals surface area (Å²) >= 11 is 0. The average Bonchev–Trinajstić information content (AvgIpc) is 2.15. The first-order valence-electron chi connectivity index (χ1n) is 4.16. The van der Waals surface area contributed by atoms with E-state index in [-0.39, 0.29) is 24.4 Å². The molecule has 0 aromatic carbocycles. The van der Waals surface area contributed by atoms with Crippen molar-refractivity contribution in [2.75, 3.05) is 19.6 Å². The van der Waals surface area contributed by atoms with Gasteiger partial charge in [-0.05, 0) is 6.92 Å². The van der Waals surface area contributed by atoms with Crippen molar-refractivity contribution in [3.8, 4) is 0 Å². The van der Waals surface area contributed by atoms with Gasteiger partial charge >= 0.3 is 0 Å². The van der Waals surface area contributed by atoms with Gasteiger partial charge < -0.3 is 5.32 Å². The third-order valence-electron chi connectivity index (χ3n) is 2.14. The Kier molecular flexibility index (Phi) is 3.21. The highest BCUT2D eigenvalue weighted by atomic mass is 16.2. The van der Waals surface area contributed by atoms with E-state index in [9.17, 15) is 9.59 Å². The van der Waals surface area contributed by atoms with Gasteiger partial charge in [0.1, 0.15) is 0 Å². The zero-order valence-corrected chi connectivity index (χ0v) is 7.54. The van der Waals surface area contributed by atoms with Crippen LogP contribution in [-0.2, 0) is 9.59 Å². The summed E-state index contributed by atoms with van der Waals surface area (Å²) in [4.78, 5) is 23.9. The van der Waals surface area contributed by atoms with Crippen molar-refractivity contribution in [1.82, 2.24) is 15.6 Å². The van der Waals surface area contributed by atoms with Gasteiger partial charge in [0.05, 0.1) is 12.6 Å². The summed E-state index contributed by atoms with van der Waals surface area (Å²) in [7, 11) is 0. The van der Waals surface area contributed by atoms with Crippen LogP contribution in [0.25, 0.3) is 0 Å². The maximum absolute atomic E-state index is 11.1. The second-order valence-electron chi connectivity index (χ2n) is 3.00. The Morgan fingerprint density at radius 1 is 1.77 bits per heavy atom. The Hall–Kier alpha value is -1.14. The molecule has 1 unspecified atom stereocenters. The minimum absolute atomic E-state index is 0.0529. The fourth-order valence-corrected chi connectivity index (χ4v) is 1.28. The molecule has 0 bridgehead atoms. The third kappa shape index (κ3) is 2.40. The molecule has 0 spiro atoms. The zero-order valence-electron chi connectivity index (χ0n) is 7.54. The molecule has 0 aliphatic carbocycles. The van der Waals surface area contributed by atoms with E-state index >= 15 is 0 Å². The number of hydrogen-bond acceptors (Lipinski definition) is 4. The summed E-state index contributed by atoms with van der Waals surface area (Å²) in [6.45, 7) is 3.25. The molecule has 4 N–H and O–H groups in total. The largest absolute Gasteiger partial charge is 0.354 e. The van der Waals surface area contributed by atoms with E-state index in [0.29, 0.717) is 13.1 Å². The second kappa shape index (κ2) is 4.20. The number of amides is 2. The summed E-state index contributed by atoms with van der Waals surface area (Å²) in [5, 5.41) is 2.68. The first-order valence-corrected chi connectivity index (χ1v) is 4.16. The summed E-state index contributed by atoms with van der Waals surface area (Å²) in [5.74, 6) is 4.67. The quantitative estimate of drug-likeness (QED) is 0.259. The number of carbonyl (C=O) groups is 2. The molecule has 1 atom stereocenters. The van der Waals surface area contributed by atoms with Crippen molar-refractivity contribution in [3.05, 3.63) is 0 Å². The molecule has 2 amide bonds. The average molecular weight is 186 g/mol. The number of hydrazine groups is 1. The van der Waals surface area contributed by atoms with Gasteiger partial charge in [-0.2, -0.15) is 0 Å². The molecular weight excluding hydrogens is 172 g/mol. The number of nitrogens with zero attached hydrogens (tertiary/aromatic N) is 1. The Bertz CT molecular complexity index is 219. The van der Waals surface area contributed by atoms with E-state index in [4.69, 9.17) is 5.84 Å². The molecule has 0 saturated carbocycles. The van der Waals surface area contributed by atoms with E-state index < -0.39 is 0 Å². The van der Waals surface area contributed by atoms with E-state index in [1.807, 2.05) is 0 Å². The first-order chi connectivity index (χ1) is 6.15. The molecule has 13 heavy (non-hydrogen) atoms. The van der Waals surface area contributed by atoms with Crippen LogP contribution in [0.2, 0.25) is 0 Å². The SMILES string of the molecule is CC(C(=O)NN)N1CCNC(=O)C1. The molecule has 0 aromatic heterocycles. The molecule has 1 rings (SSSR count). The van der Waals surface area contributed by atoms with Gasteiger partial charge in [0.2, 0.25) is 5.91 Å². The number of carbonyl (C=O) groups excluding carboxylic acids is 2. The van der Waals surface area contributed by atoms with E-state index in [1.54, 1.807) is 11.8 Å². The summed E-state index contributed by atoms with van der Waals surface area (Å²) in [6, 6.07) is -0.351. The minimum atomic E-state index is -0.351. The number of piperazine rings is 1. The second-order valence-corrected chi connectivity index (χ2v) is 3.00. The van der Waals surface area contributed by atoms with E-state index in [0.717, 1.165) is 0 Å². The maximum Gasteiger partial charge on any atom is 0.250 e. The Labute approximate surface area is 76.4 Å². The van der Waals surface area contributed by atoms with Gasteiger partial charge in [-0.1, -0.05) is 0 Å². The molecule has 1 heterocycles. The van der Waals surface area contributed by atoms with Crippen LogP contribution in [0, 0.1) is 0 Å². The minimum Gasteiger partial charge on any atom is -0.354 e. The normalized spacial score (nSPS) is 20.6. The standard InChI is InChI=1S/C7H14N4O2/c1-5(7(13)10-8)11-3-2-9-6(12)4-11/h5H,2-4,8H2,1H3,(H,9,12)(H,10,13). The van der Waals surface area contributed by atoms with E-state index in [2.05, 4.69) is 10.7 Å². The van der Waals surface area contributed by atoms with Crippen molar-refractivity contribution >= 4 is 11.8 Å². The molecule has 0 aromatic rings. The highest BCUT2D eigenvalue weighted by Crippen LogP contribution is 2.00. The Morgan fingerprint density at radius 2 is 2.46 bits per heavy atom. The lowest BCUT2D eigenvalue weighted by Crippen LogP contribution is -2.55. The molecule has 6 heteroatoms. The molecule has 1 fully saturated rings. The Balaban J connectivity index is 2.50. The van der Waals surface area contributed by atoms with Gasteiger partial charge in [-0.25, -0.2) is 5.84 Å². The van der Waals surface area contributed by atoms with Gasteiger partial charge in [-0.3, -0.25) is 19.9 Å². The smallest absolute Gasteiger partial charge is 0.250 e. The molecule has 1 aliphatic rings. The van der Waals surface area contributed by atoms with Gasteiger partial charge in [0.25, 0.3) is 5.91 Å². The van der Waals surface area contributed by atoms with Crippen LogP contribution >= 0.6 is 0 Å². The van der Waals surface area contributed by atoms with Crippen LogP contribution in [0.15, 0.2) is 0 Å². The van der Waals surface area contributed by atoms with Crippen LogP contribution in [0.3, 0.4) is 0 Å². The molecule has 74 valence electrons. The van der Waals surface area contributed by atoms with Crippen molar-refractivity contribution in [1.29, 1.82) is 0 Å². The number of nitrogens with two attached hydrogens (primary N) is 1. The van der Waals surface area contributed by atoms with Crippen molar-refractivity contribution in [2.24, 2.45) is 5.84 Å². The predicted octanol–water partition coefficient (Wildman–Crippen LogP) is -2.20. The summed E-state index contributed by atoms with van der Waals surface area (Å²) in [5.41, 5.74) is 2.06. The molecule has 0 radical (unpaired) electrons. The lowest BCUT2D eigenvalue weighted by Gasteiger charge is -2.30. The van der Waals surface area contributed by atoms with Crippen molar-refractivity contribution < 1.29 is 9.59 Å². The zero-order chi connectivity index (χ0) is 9.84. The van der Waals surface area contributed by atoms with Crippen molar-refractivity contribution in [2.45, 2.75) is 13.0 Å². The highest BCUT2D eigenvalue weighted by Gasteiger charge is 2.25. The van der Waals surface area contributed by atoms with Gasteiger partial charge in [-0.15, -0.1) is 0 Å². The summed E-state index contributed by atoms with van der Waals surface area (Å²) < 4.78 is 0. The van der Waals surface area contributed by atoms with Crippen LogP contribution in [-0.4, -0.2) is 42.4 Å². The third-order valence-corrected chi connectivity index (χ3v) is 2.14. The van der Waals surface area contributed by atoms with Gasteiger partial charge in [0, 0.05) is 13.1 Å². The fourth-order valence-electron chi connectivity index (χ4n) is 1.28. The van der Waals surface area contributed by atoms with Crippen molar-refractivity contribution in [3.63, 3.8) is 0 Å². The lowest BCUT2D eigenvalue weighted by atomic mass is 10.2. The predicted molar refractivity (Wildman–Crippen MR) is 46.4 cm³/mol. The van der Waals surface area contributed by atoms with Crippen LogP contribution in [0.5, 0.6) is 0 Å². The number of hydrogen-bond donors (Lipinski definition) is 3. The van der Waals surface area contributed by atoms with Crippen LogP contribution < -0.4 is 16.6 Å².